The molecule has 0 amide bonds. The summed E-state index contributed by atoms with van der Waals surface area (Å²) in [5, 5.41) is 0. The van der Waals surface area contributed by atoms with E-state index in [1.165, 1.54) is 11.1 Å². The molecule has 0 aliphatic heterocycles. The van der Waals surface area contributed by atoms with Crippen LogP contribution in [0.1, 0.15) is 66.2 Å². The Morgan fingerprint density at radius 1 is 0.821 bits per heavy atom. The molecule has 8 nitrogen and oxygen atoms in total. The highest BCUT2D eigenvalue weighted by Gasteiger charge is 2.32. The Labute approximate surface area is 167 Å². The van der Waals surface area contributed by atoms with Gasteiger partial charge in [0, 0.05) is 6.42 Å². The first-order chi connectivity index (χ1) is 12.8. The molecule has 10 heteroatoms. The first-order valence-corrected chi connectivity index (χ1v) is 12.0. The summed E-state index contributed by atoms with van der Waals surface area (Å²) in [6.07, 6.45) is 10.8. The molecule has 0 spiro atoms. The first kappa shape index (κ1) is 27.1. The van der Waals surface area contributed by atoms with E-state index in [2.05, 4.69) is 41.8 Å². The van der Waals surface area contributed by atoms with E-state index in [9.17, 15) is 13.9 Å². The van der Waals surface area contributed by atoms with Gasteiger partial charge in [0.15, 0.2) is 5.78 Å². The molecule has 0 rings (SSSR count). The Bertz CT molecular complexity index is 684. The third-order valence-electron chi connectivity index (χ3n) is 3.64. The molecule has 28 heavy (non-hydrogen) atoms. The molecule has 0 saturated heterocycles. The topological polar surface area (TPSA) is 130 Å². The highest BCUT2D eigenvalue weighted by molar-refractivity contribution is 7.60. The average Bonchev–Trinajstić information content (AvgIpc) is 2.50. The van der Waals surface area contributed by atoms with Gasteiger partial charge < -0.3 is 14.7 Å². The lowest BCUT2D eigenvalue weighted by Crippen LogP contribution is -2.07. The van der Waals surface area contributed by atoms with Crippen LogP contribution in [0, 0.1) is 0 Å². The minimum absolute atomic E-state index is 0.0881. The number of allylic oxidation sites excluding steroid dienone is 6. The van der Waals surface area contributed by atoms with Gasteiger partial charge in [-0.05, 0) is 59.8 Å². The summed E-state index contributed by atoms with van der Waals surface area (Å²) >= 11 is 0. The highest BCUT2D eigenvalue weighted by atomic mass is 31.3. The Hall–Kier alpha value is -0.850. The van der Waals surface area contributed by atoms with Crippen LogP contribution in [-0.4, -0.2) is 27.1 Å². The fraction of sp³-hybridized carbons (Fsp3) is 0.611. The van der Waals surface area contributed by atoms with Crippen molar-refractivity contribution in [2.75, 3.05) is 6.61 Å². The highest BCUT2D eigenvalue weighted by Crippen LogP contribution is 2.57. The summed E-state index contributed by atoms with van der Waals surface area (Å²) in [5.41, 5.74) is 3.81. The molecule has 0 fully saturated rings. The second-order valence-corrected chi connectivity index (χ2v) is 9.68. The standard InChI is InChI=1S/C18H32O8P2/c1-15(2)8-5-9-16(3)10-6-11-17(4)12-7-13-18(19)14-25-28(23,24)26-27(20,21)22/h8,10,12H,5-7,9,11,13-14H2,1-4H3,(H,23,24)(H2,20,21,22)/b16-10+,17-12+. The number of phosphoric ester groups is 1. The van der Waals surface area contributed by atoms with E-state index in [0.717, 1.165) is 31.3 Å². The van der Waals surface area contributed by atoms with Crippen LogP contribution < -0.4 is 0 Å². The maximum absolute atomic E-state index is 11.6. The number of phosphoric acid groups is 2. The first-order valence-electron chi connectivity index (χ1n) is 9.01. The number of hydrogen-bond acceptors (Lipinski definition) is 5. The minimum atomic E-state index is -5.18. The van der Waals surface area contributed by atoms with Crippen LogP contribution in [-0.2, 0) is 22.8 Å². The second-order valence-electron chi connectivity index (χ2n) is 6.85. The molecular weight excluding hydrogens is 406 g/mol. The number of ketones is 1. The molecule has 0 aromatic rings. The van der Waals surface area contributed by atoms with Crippen molar-refractivity contribution in [3.05, 3.63) is 34.9 Å². The smallest absolute Gasteiger partial charge is 0.302 e. The summed E-state index contributed by atoms with van der Waals surface area (Å²) in [7, 11) is -10.1. The molecule has 0 aromatic heterocycles. The van der Waals surface area contributed by atoms with Crippen LogP contribution in [0.15, 0.2) is 34.9 Å². The van der Waals surface area contributed by atoms with E-state index in [0.29, 0.717) is 6.42 Å². The Kier molecular flexibility index (Phi) is 13.0. The third kappa shape index (κ3) is 17.3. The van der Waals surface area contributed by atoms with Gasteiger partial charge in [0.25, 0.3) is 0 Å². The molecule has 1 atom stereocenters. The van der Waals surface area contributed by atoms with Crippen molar-refractivity contribution >= 4 is 21.4 Å². The van der Waals surface area contributed by atoms with Crippen LogP contribution in [0.4, 0.5) is 0 Å². The zero-order valence-electron chi connectivity index (χ0n) is 17.0. The van der Waals surface area contributed by atoms with Gasteiger partial charge in [0.2, 0.25) is 0 Å². The molecule has 0 saturated carbocycles. The molecule has 0 radical (unpaired) electrons. The van der Waals surface area contributed by atoms with Crippen molar-refractivity contribution in [2.24, 2.45) is 0 Å². The maximum atomic E-state index is 11.6. The summed E-state index contributed by atoms with van der Waals surface area (Å²) in [6, 6.07) is 0. The zero-order chi connectivity index (χ0) is 21.8. The van der Waals surface area contributed by atoms with Crippen molar-refractivity contribution in [1.82, 2.24) is 0 Å². The van der Waals surface area contributed by atoms with Gasteiger partial charge in [0.05, 0.1) is 0 Å². The quantitative estimate of drug-likeness (QED) is 0.256. The number of carbonyl (C=O) groups excluding carboxylic acids is 1. The van der Waals surface area contributed by atoms with E-state index in [4.69, 9.17) is 14.7 Å². The number of rotatable bonds is 14. The number of hydrogen-bond donors (Lipinski definition) is 3. The molecule has 0 aromatic carbocycles. The molecule has 1 unspecified atom stereocenters. The van der Waals surface area contributed by atoms with Gasteiger partial charge >= 0.3 is 15.6 Å². The lowest BCUT2D eigenvalue weighted by molar-refractivity contribution is -0.121. The lowest BCUT2D eigenvalue weighted by atomic mass is 10.1. The van der Waals surface area contributed by atoms with Gasteiger partial charge in [-0.2, -0.15) is 4.31 Å². The van der Waals surface area contributed by atoms with Gasteiger partial charge in [-0.25, -0.2) is 9.13 Å². The molecule has 0 heterocycles. The van der Waals surface area contributed by atoms with Crippen LogP contribution in [0.2, 0.25) is 0 Å². The van der Waals surface area contributed by atoms with Crippen LogP contribution in [0.5, 0.6) is 0 Å². The third-order valence-corrected chi connectivity index (χ3v) is 5.77. The van der Waals surface area contributed by atoms with Crippen molar-refractivity contribution in [3.8, 4) is 0 Å². The van der Waals surface area contributed by atoms with Crippen molar-refractivity contribution in [2.45, 2.75) is 66.2 Å². The molecular formula is C18H32O8P2. The van der Waals surface area contributed by atoms with Gasteiger partial charge in [-0.3, -0.25) is 9.32 Å². The van der Waals surface area contributed by atoms with E-state index >= 15 is 0 Å². The van der Waals surface area contributed by atoms with E-state index in [1.807, 2.05) is 13.0 Å². The predicted molar refractivity (Wildman–Crippen MR) is 109 cm³/mol. The van der Waals surface area contributed by atoms with E-state index in [1.54, 1.807) is 0 Å². The molecule has 0 aliphatic rings. The Morgan fingerprint density at radius 3 is 1.75 bits per heavy atom. The predicted octanol–water partition coefficient (Wildman–Crippen LogP) is 4.98. The number of Topliss-reactive ketones (excluding diaryl/α,β-unsaturated/α-hetero) is 1. The maximum Gasteiger partial charge on any atom is 0.481 e. The van der Waals surface area contributed by atoms with Gasteiger partial charge in [0.1, 0.15) is 6.61 Å². The minimum Gasteiger partial charge on any atom is -0.302 e. The average molecular weight is 438 g/mol. The molecule has 0 aliphatic carbocycles. The fourth-order valence-corrected chi connectivity index (χ4v) is 3.77. The van der Waals surface area contributed by atoms with Gasteiger partial charge in [-0.1, -0.05) is 34.9 Å². The molecule has 3 N–H and O–H groups in total. The Morgan fingerprint density at radius 2 is 1.29 bits per heavy atom. The molecule has 0 bridgehead atoms. The fourth-order valence-electron chi connectivity index (χ4n) is 2.20. The SMILES string of the molecule is CC(C)=CCC/C(C)=C/CC/C(C)=C/CCC(=O)COP(=O)(O)OP(=O)(O)O. The largest absolute Gasteiger partial charge is 0.481 e. The van der Waals surface area contributed by atoms with Crippen molar-refractivity contribution < 1.29 is 37.4 Å². The van der Waals surface area contributed by atoms with Gasteiger partial charge in [-0.15, -0.1) is 0 Å². The van der Waals surface area contributed by atoms with Crippen molar-refractivity contribution in [3.63, 3.8) is 0 Å². The van der Waals surface area contributed by atoms with E-state index in [-0.39, 0.29) is 6.42 Å². The van der Waals surface area contributed by atoms with Crippen LogP contribution >= 0.6 is 15.6 Å². The van der Waals surface area contributed by atoms with Crippen molar-refractivity contribution in [1.29, 1.82) is 0 Å². The normalized spacial score (nSPS) is 15.2. The zero-order valence-corrected chi connectivity index (χ0v) is 18.7. The summed E-state index contributed by atoms with van der Waals surface area (Å²) in [4.78, 5) is 37.7. The summed E-state index contributed by atoms with van der Waals surface area (Å²) < 4.78 is 29.6. The second kappa shape index (κ2) is 13.4. The van der Waals surface area contributed by atoms with E-state index < -0.39 is 28.0 Å². The monoisotopic (exact) mass is 438 g/mol. The molecule has 162 valence electrons. The Balaban J connectivity index is 4.14. The summed E-state index contributed by atoms with van der Waals surface area (Å²) in [6.45, 7) is 7.51. The number of carbonyl (C=O) groups is 1. The van der Waals surface area contributed by atoms with Crippen LogP contribution in [0.25, 0.3) is 0 Å². The van der Waals surface area contributed by atoms with Crippen LogP contribution in [0.3, 0.4) is 0 Å². The summed E-state index contributed by atoms with van der Waals surface area (Å²) in [5.74, 6) is -0.470. The lowest BCUT2D eigenvalue weighted by Gasteiger charge is -2.11.